The first-order valence-electron chi connectivity index (χ1n) is 7.19. The highest BCUT2D eigenvalue weighted by Gasteiger charge is 2.41. The quantitative estimate of drug-likeness (QED) is 0.795. The molecule has 1 aliphatic heterocycles. The Balaban J connectivity index is 2.03. The Morgan fingerprint density at radius 1 is 1.19 bits per heavy atom. The maximum absolute atomic E-state index is 6.56. The molecule has 0 amide bonds. The summed E-state index contributed by atoms with van der Waals surface area (Å²) in [6.45, 7) is 7.25. The van der Waals surface area contributed by atoms with Gasteiger partial charge in [0.05, 0.1) is 0 Å². The van der Waals surface area contributed by atoms with Gasteiger partial charge >= 0.3 is 0 Å². The van der Waals surface area contributed by atoms with Crippen molar-refractivity contribution in [1.29, 1.82) is 0 Å². The van der Waals surface area contributed by atoms with Crippen LogP contribution in [0.1, 0.15) is 58.8 Å². The first-order chi connectivity index (χ1) is 7.68. The largest absolute Gasteiger partial charge is 0.326 e. The second kappa shape index (κ2) is 5.05. The highest BCUT2D eigenvalue weighted by molar-refractivity contribution is 5.00. The predicted octanol–water partition coefficient (Wildman–Crippen LogP) is 2.77. The highest BCUT2D eigenvalue weighted by Crippen LogP contribution is 2.37. The van der Waals surface area contributed by atoms with E-state index in [1.807, 2.05) is 0 Å². The molecule has 0 radical (unpaired) electrons. The SMILES string of the molecule is CCC(C)(C(N)C1CCC1)N1CCCCC1. The molecule has 1 saturated heterocycles. The van der Waals surface area contributed by atoms with Crippen LogP contribution in [0, 0.1) is 5.92 Å². The third-order valence-corrected chi connectivity index (χ3v) is 5.17. The van der Waals surface area contributed by atoms with Gasteiger partial charge in [0.1, 0.15) is 0 Å². The van der Waals surface area contributed by atoms with E-state index in [1.165, 1.54) is 58.0 Å². The van der Waals surface area contributed by atoms with Gasteiger partial charge in [0.25, 0.3) is 0 Å². The first-order valence-corrected chi connectivity index (χ1v) is 7.19. The molecule has 2 atom stereocenters. The lowest BCUT2D eigenvalue weighted by Gasteiger charge is -2.50. The molecule has 2 heteroatoms. The van der Waals surface area contributed by atoms with Gasteiger partial charge in [-0.25, -0.2) is 0 Å². The average molecular weight is 224 g/mol. The van der Waals surface area contributed by atoms with Crippen molar-refractivity contribution in [1.82, 2.24) is 4.90 Å². The van der Waals surface area contributed by atoms with Crippen molar-refractivity contribution in [2.75, 3.05) is 13.1 Å². The molecule has 0 aromatic heterocycles. The van der Waals surface area contributed by atoms with E-state index in [0.29, 0.717) is 6.04 Å². The monoisotopic (exact) mass is 224 g/mol. The molecular weight excluding hydrogens is 196 g/mol. The molecule has 0 spiro atoms. The Morgan fingerprint density at radius 2 is 1.81 bits per heavy atom. The zero-order chi connectivity index (χ0) is 11.6. The minimum Gasteiger partial charge on any atom is -0.326 e. The predicted molar refractivity (Wildman–Crippen MR) is 69.4 cm³/mol. The maximum Gasteiger partial charge on any atom is 0.0332 e. The van der Waals surface area contributed by atoms with Crippen LogP contribution in [0.15, 0.2) is 0 Å². The Morgan fingerprint density at radius 3 is 2.25 bits per heavy atom. The van der Waals surface area contributed by atoms with E-state index >= 15 is 0 Å². The molecule has 16 heavy (non-hydrogen) atoms. The molecule has 2 nitrogen and oxygen atoms in total. The van der Waals surface area contributed by atoms with Crippen molar-refractivity contribution in [3.8, 4) is 0 Å². The summed E-state index contributed by atoms with van der Waals surface area (Å²) in [5, 5.41) is 0. The van der Waals surface area contributed by atoms with E-state index in [2.05, 4.69) is 18.7 Å². The van der Waals surface area contributed by atoms with E-state index in [-0.39, 0.29) is 5.54 Å². The number of nitrogens with two attached hydrogens (primary N) is 1. The number of nitrogens with zero attached hydrogens (tertiary/aromatic N) is 1. The van der Waals surface area contributed by atoms with Crippen molar-refractivity contribution >= 4 is 0 Å². The lowest BCUT2D eigenvalue weighted by Crippen LogP contribution is -2.62. The number of piperidine rings is 1. The topological polar surface area (TPSA) is 29.3 Å². The van der Waals surface area contributed by atoms with Crippen LogP contribution >= 0.6 is 0 Å². The Bertz CT molecular complexity index is 215. The number of hydrogen-bond acceptors (Lipinski definition) is 2. The van der Waals surface area contributed by atoms with Gasteiger partial charge in [-0.1, -0.05) is 19.8 Å². The van der Waals surface area contributed by atoms with E-state index in [0.717, 1.165) is 5.92 Å². The fourth-order valence-corrected chi connectivity index (χ4v) is 3.38. The molecule has 0 bridgehead atoms. The van der Waals surface area contributed by atoms with Crippen LogP contribution in [-0.4, -0.2) is 29.6 Å². The summed E-state index contributed by atoms with van der Waals surface area (Å²) in [6, 6.07) is 0.393. The number of likely N-dealkylation sites (tertiary alicyclic amines) is 1. The van der Waals surface area contributed by atoms with E-state index in [9.17, 15) is 0 Å². The molecular formula is C14H28N2. The minimum absolute atomic E-state index is 0.255. The fraction of sp³-hybridized carbons (Fsp3) is 1.00. The standard InChI is InChI=1S/C14H28N2/c1-3-14(2,13(15)12-8-7-9-12)16-10-5-4-6-11-16/h12-13H,3-11,15H2,1-2H3. The maximum atomic E-state index is 6.56. The van der Waals surface area contributed by atoms with Crippen LogP contribution in [0.4, 0.5) is 0 Å². The third kappa shape index (κ3) is 2.14. The van der Waals surface area contributed by atoms with Gasteiger partial charge in [0.2, 0.25) is 0 Å². The molecule has 1 aliphatic carbocycles. The van der Waals surface area contributed by atoms with Crippen molar-refractivity contribution in [3.05, 3.63) is 0 Å². The molecule has 0 aromatic carbocycles. The van der Waals surface area contributed by atoms with Crippen LogP contribution in [-0.2, 0) is 0 Å². The normalized spacial score (nSPS) is 29.4. The zero-order valence-corrected chi connectivity index (χ0v) is 11.0. The van der Waals surface area contributed by atoms with Crippen LogP contribution in [0.25, 0.3) is 0 Å². The van der Waals surface area contributed by atoms with E-state index in [1.54, 1.807) is 0 Å². The lowest BCUT2D eigenvalue weighted by molar-refractivity contribution is 0.0222. The number of hydrogen-bond donors (Lipinski definition) is 1. The molecule has 1 heterocycles. The molecule has 2 fully saturated rings. The number of rotatable bonds is 4. The Labute approximate surface area is 101 Å². The summed E-state index contributed by atoms with van der Waals surface area (Å²) in [4.78, 5) is 2.68. The second-order valence-electron chi connectivity index (χ2n) is 5.98. The summed E-state index contributed by atoms with van der Waals surface area (Å²) in [5.74, 6) is 0.798. The van der Waals surface area contributed by atoms with E-state index in [4.69, 9.17) is 5.73 Å². The average Bonchev–Trinajstić information content (AvgIpc) is 2.27. The summed E-state index contributed by atoms with van der Waals surface area (Å²) in [6.07, 6.45) is 9.48. The minimum atomic E-state index is 0.255. The van der Waals surface area contributed by atoms with Gasteiger partial charge < -0.3 is 5.73 Å². The highest BCUT2D eigenvalue weighted by atomic mass is 15.2. The smallest absolute Gasteiger partial charge is 0.0332 e. The second-order valence-corrected chi connectivity index (χ2v) is 5.98. The van der Waals surface area contributed by atoms with Gasteiger partial charge in [-0.15, -0.1) is 0 Å². The van der Waals surface area contributed by atoms with Gasteiger partial charge in [0.15, 0.2) is 0 Å². The van der Waals surface area contributed by atoms with Crippen molar-refractivity contribution in [2.24, 2.45) is 11.7 Å². The molecule has 1 saturated carbocycles. The van der Waals surface area contributed by atoms with Gasteiger partial charge in [-0.2, -0.15) is 0 Å². The fourth-order valence-electron chi connectivity index (χ4n) is 3.38. The summed E-state index contributed by atoms with van der Waals surface area (Å²) in [5.41, 5.74) is 6.81. The van der Waals surface area contributed by atoms with Crippen molar-refractivity contribution in [2.45, 2.75) is 70.4 Å². The van der Waals surface area contributed by atoms with E-state index < -0.39 is 0 Å². The van der Waals surface area contributed by atoms with Gasteiger partial charge in [0, 0.05) is 11.6 Å². The lowest BCUT2D eigenvalue weighted by atomic mass is 9.71. The Kier molecular flexibility index (Phi) is 3.91. The molecule has 2 rings (SSSR count). The van der Waals surface area contributed by atoms with Crippen LogP contribution in [0.2, 0.25) is 0 Å². The molecule has 2 aliphatic rings. The molecule has 2 unspecified atom stereocenters. The zero-order valence-electron chi connectivity index (χ0n) is 11.0. The van der Waals surface area contributed by atoms with Crippen LogP contribution in [0.5, 0.6) is 0 Å². The first kappa shape index (κ1) is 12.4. The molecule has 94 valence electrons. The van der Waals surface area contributed by atoms with Crippen LogP contribution < -0.4 is 5.73 Å². The third-order valence-electron chi connectivity index (χ3n) is 5.17. The molecule has 2 N–H and O–H groups in total. The summed E-state index contributed by atoms with van der Waals surface area (Å²) < 4.78 is 0. The Hall–Kier alpha value is -0.0800. The van der Waals surface area contributed by atoms with Crippen LogP contribution in [0.3, 0.4) is 0 Å². The van der Waals surface area contributed by atoms with Crippen molar-refractivity contribution in [3.63, 3.8) is 0 Å². The van der Waals surface area contributed by atoms with Gasteiger partial charge in [-0.05, 0) is 58.0 Å². The summed E-state index contributed by atoms with van der Waals surface area (Å²) >= 11 is 0. The van der Waals surface area contributed by atoms with Gasteiger partial charge in [-0.3, -0.25) is 4.90 Å². The van der Waals surface area contributed by atoms with Crippen molar-refractivity contribution < 1.29 is 0 Å². The summed E-state index contributed by atoms with van der Waals surface area (Å²) in [7, 11) is 0. The molecule has 0 aromatic rings.